The van der Waals surface area contributed by atoms with E-state index in [1.54, 1.807) is 30.2 Å². The fourth-order valence-electron chi connectivity index (χ4n) is 1.72. The van der Waals surface area contributed by atoms with E-state index in [2.05, 4.69) is 5.16 Å². The monoisotopic (exact) mass is 306 g/mol. The van der Waals surface area contributed by atoms with Gasteiger partial charge in [-0.1, -0.05) is 16.8 Å². The maximum atomic E-state index is 5.90. The van der Waals surface area contributed by atoms with Crippen LogP contribution in [0.3, 0.4) is 0 Å². The molecule has 102 valence electrons. The average molecular weight is 307 g/mol. The molecular weight excluding hydrogens is 296 g/mol. The molecule has 0 fully saturated rings. The molecular formula is C14H11ClN2O2S. The zero-order valence-corrected chi connectivity index (χ0v) is 11.9. The lowest BCUT2D eigenvalue weighted by atomic mass is 10.3. The SMILES string of the molecule is Nc1cc(Cl)ccc1SCc1cc(-c2ccco2)on1. The molecule has 0 radical (unpaired) electrons. The molecule has 0 saturated heterocycles. The van der Waals surface area contributed by atoms with Crippen molar-refractivity contribution in [3.05, 3.63) is 53.4 Å². The van der Waals surface area contributed by atoms with Crippen molar-refractivity contribution in [2.45, 2.75) is 10.6 Å². The van der Waals surface area contributed by atoms with E-state index in [9.17, 15) is 0 Å². The van der Waals surface area contributed by atoms with Gasteiger partial charge in [0.05, 0.1) is 12.0 Å². The van der Waals surface area contributed by atoms with E-state index in [4.69, 9.17) is 26.3 Å². The minimum Gasteiger partial charge on any atom is -0.461 e. The van der Waals surface area contributed by atoms with Gasteiger partial charge >= 0.3 is 0 Å². The second-order valence-corrected chi connectivity index (χ2v) is 5.58. The van der Waals surface area contributed by atoms with Crippen LogP contribution in [0, 0.1) is 0 Å². The third kappa shape index (κ3) is 2.84. The number of furan rings is 1. The van der Waals surface area contributed by atoms with Crippen molar-refractivity contribution in [3.63, 3.8) is 0 Å². The second kappa shape index (κ2) is 5.64. The van der Waals surface area contributed by atoms with E-state index in [0.717, 1.165) is 10.6 Å². The number of hydrogen-bond acceptors (Lipinski definition) is 5. The lowest BCUT2D eigenvalue weighted by molar-refractivity contribution is 0.413. The summed E-state index contributed by atoms with van der Waals surface area (Å²) in [7, 11) is 0. The van der Waals surface area contributed by atoms with Crippen LogP contribution in [0.25, 0.3) is 11.5 Å². The highest BCUT2D eigenvalue weighted by Gasteiger charge is 2.10. The highest BCUT2D eigenvalue weighted by Crippen LogP contribution is 2.31. The van der Waals surface area contributed by atoms with Crippen LogP contribution >= 0.6 is 23.4 Å². The molecule has 0 aliphatic heterocycles. The van der Waals surface area contributed by atoms with Crippen molar-refractivity contribution in [3.8, 4) is 11.5 Å². The number of benzene rings is 1. The quantitative estimate of drug-likeness (QED) is 0.569. The number of halogens is 1. The van der Waals surface area contributed by atoms with Gasteiger partial charge in [-0.25, -0.2) is 0 Å². The standard InChI is InChI=1S/C14H11ClN2O2S/c15-9-3-4-14(11(16)6-9)20-8-10-7-13(19-17-10)12-2-1-5-18-12/h1-7H,8,16H2. The van der Waals surface area contributed by atoms with Crippen LogP contribution in [0.4, 0.5) is 5.69 Å². The molecule has 0 amide bonds. The van der Waals surface area contributed by atoms with Crippen LogP contribution in [0.1, 0.15) is 5.69 Å². The van der Waals surface area contributed by atoms with E-state index < -0.39 is 0 Å². The summed E-state index contributed by atoms with van der Waals surface area (Å²) in [6, 6.07) is 10.9. The molecule has 3 aromatic rings. The Balaban J connectivity index is 1.70. The summed E-state index contributed by atoms with van der Waals surface area (Å²) < 4.78 is 10.5. The summed E-state index contributed by atoms with van der Waals surface area (Å²) in [5.41, 5.74) is 7.40. The molecule has 20 heavy (non-hydrogen) atoms. The summed E-state index contributed by atoms with van der Waals surface area (Å²) in [5, 5.41) is 4.64. The summed E-state index contributed by atoms with van der Waals surface area (Å²) in [5.74, 6) is 1.95. The van der Waals surface area contributed by atoms with Gasteiger partial charge in [0.15, 0.2) is 5.76 Å². The van der Waals surface area contributed by atoms with Crippen LogP contribution in [-0.2, 0) is 5.75 Å². The van der Waals surface area contributed by atoms with Gasteiger partial charge in [0.2, 0.25) is 5.76 Å². The summed E-state index contributed by atoms with van der Waals surface area (Å²) >= 11 is 7.45. The molecule has 4 nitrogen and oxygen atoms in total. The van der Waals surface area contributed by atoms with Crippen LogP contribution < -0.4 is 5.73 Å². The predicted molar refractivity (Wildman–Crippen MR) is 79.6 cm³/mol. The van der Waals surface area contributed by atoms with E-state index in [1.807, 2.05) is 24.3 Å². The molecule has 1 aromatic carbocycles. The Morgan fingerprint density at radius 3 is 2.85 bits per heavy atom. The Morgan fingerprint density at radius 2 is 2.10 bits per heavy atom. The Labute approximate surface area is 124 Å². The van der Waals surface area contributed by atoms with Crippen LogP contribution in [0.5, 0.6) is 0 Å². The van der Waals surface area contributed by atoms with E-state index in [-0.39, 0.29) is 0 Å². The Kier molecular flexibility index (Phi) is 3.71. The first-order valence-corrected chi connectivity index (χ1v) is 7.26. The molecule has 0 atom stereocenters. The van der Waals surface area contributed by atoms with Gasteiger partial charge in [0.1, 0.15) is 0 Å². The topological polar surface area (TPSA) is 65.2 Å². The zero-order valence-electron chi connectivity index (χ0n) is 10.4. The maximum absolute atomic E-state index is 5.90. The first kappa shape index (κ1) is 13.1. The third-order valence-corrected chi connectivity index (χ3v) is 4.03. The molecule has 2 heterocycles. The van der Waals surface area contributed by atoms with Gasteiger partial charge in [-0.05, 0) is 30.3 Å². The second-order valence-electron chi connectivity index (χ2n) is 4.13. The van der Waals surface area contributed by atoms with Crippen LogP contribution in [-0.4, -0.2) is 5.16 Å². The van der Waals surface area contributed by atoms with Gasteiger partial charge in [-0.2, -0.15) is 0 Å². The van der Waals surface area contributed by atoms with Crippen molar-refractivity contribution in [1.29, 1.82) is 0 Å². The molecule has 0 aliphatic carbocycles. The largest absolute Gasteiger partial charge is 0.461 e. The van der Waals surface area contributed by atoms with Crippen molar-refractivity contribution >= 4 is 29.1 Å². The van der Waals surface area contributed by atoms with Crippen molar-refractivity contribution < 1.29 is 8.94 Å². The van der Waals surface area contributed by atoms with Crippen LogP contribution in [0.2, 0.25) is 5.02 Å². The number of aromatic nitrogens is 1. The molecule has 0 saturated carbocycles. The number of hydrogen-bond donors (Lipinski definition) is 1. The number of nitrogen functional groups attached to an aromatic ring is 1. The van der Waals surface area contributed by atoms with Gasteiger partial charge in [-0.3, -0.25) is 0 Å². The summed E-state index contributed by atoms with van der Waals surface area (Å²) in [6.45, 7) is 0. The molecule has 0 spiro atoms. The number of rotatable bonds is 4. The van der Waals surface area contributed by atoms with Crippen molar-refractivity contribution in [2.24, 2.45) is 0 Å². The maximum Gasteiger partial charge on any atom is 0.202 e. The molecule has 6 heteroatoms. The number of thioether (sulfide) groups is 1. The van der Waals surface area contributed by atoms with Crippen molar-refractivity contribution in [2.75, 3.05) is 5.73 Å². The molecule has 0 aliphatic rings. The smallest absolute Gasteiger partial charge is 0.202 e. The van der Waals surface area contributed by atoms with E-state index >= 15 is 0 Å². The molecule has 3 rings (SSSR count). The zero-order chi connectivity index (χ0) is 13.9. The molecule has 2 aromatic heterocycles. The lowest BCUT2D eigenvalue weighted by Gasteiger charge is -2.03. The van der Waals surface area contributed by atoms with Crippen LogP contribution in [0.15, 0.2) is 56.5 Å². The predicted octanol–water partition coefficient (Wildman–Crippen LogP) is 4.46. The molecule has 0 unspecified atom stereocenters. The number of nitrogens with zero attached hydrogens (tertiary/aromatic N) is 1. The normalized spacial score (nSPS) is 10.8. The minimum atomic E-state index is 0.620. The molecule has 0 bridgehead atoms. The van der Waals surface area contributed by atoms with Gasteiger partial charge in [0, 0.05) is 27.4 Å². The lowest BCUT2D eigenvalue weighted by Crippen LogP contribution is -1.88. The number of anilines is 1. The fraction of sp³-hybridized carbons (Fsp3) is 0.0714. The summed E-state index contributed by atoms with van der Waals surface area (Å²) in [4.78, 5) is 0.969. The first-order valence-electron chi connectivity index (χ1n) is 5.89. The fourth-order valence-corrected chi connectivity index (χ4v) is 2.73. The number of nitrogens with two attached hydrogens (primary N) is 1. The van der Waals surface area contributed by atoms with Gasteiger partial charge < -0.3 is 14.7 Å². The van der Waals surface area contributed by atoms with E-state index in [0.29, 0.717) is 28.0 Å². The molecule has 2 N–H and O–H groups in total. The Hall–Kier alpha value is -1.85. The first-order chi connectivity index (χ1) is 9.72. The summed E-state index contributed by atoms with van der Waals surface area (Å²) in [6.07, 6.45) is 1.60. The Morgan fingerprint density at radius 1 is 1.20 bits per heavy atom. The Bertz CT molecular complexity index is 710. The van der Waals surface area contributed by atoms with E-state index in [1.165, 1.54) is 0 Å². The van der Waals surface area contributed by atoms with Gasteiger partial charge in [0.25, 0.3) is 0 Å². The van der Waals surface area contributed by atoms with Gasteiger partial charge in [-0.15, -0.1) is 11.8 Å². The van der Waals surface area contributed by atoms with Crippen molar-refractivity contribution in [1.82, 2.24) is 5.16 Å². The third-order valence-electron chi connectivity index (χ3n) is 2.67. The highest BCUT2D eigenvalue weighted by atomic mass is 35.5. The minimum absolute atomic E-state index is 0.620. The average Bonchev–Trinajstić information content (AvgIpc) is 3.08. The highest BCUT2D eigenvalue weighted by molar-refractivity contribution is 7.98.